The molecular weight excluding hydrogens is 368 g/mol. The molecule has 0 atom stereocenters. The van der Waals surface area contributed by atoms with Crippen LogP contribution in [0.4, 0.5) is 0 Å². The van der Waals surface area contributed by atoms with Crippen molar-refractivity contribution < 1.29 is 19.1 Å². The van der Waals surface area contributed by atoms with Gasteiger partial charge in [0.15, 0.2) is 0 Å². The minimum Gasteiger partial charge on any atom is -0.496 e. The summed E-state index contributed by atoms with van der Waals surface area (Å²) in [5.41, 5.74) is 2.01. The zero-order chi connectivity index (χ0) is 20.5. The first-order valence-electron chi connectivity index (χ1n) is 9.90. The fraction of sp³-hybridized carbons (Fsp3) is 0.348. The van der Waals surface area contributed by atoms with Gasteiger partial charge >= 0.3 is 0 Å². The zero-order valence-electron chi connectivity index (χ0n) is 16.7. The molecule has 1 aliphatic carbocycles. The topological polar surface area (TPSA) is 66.9 Å². The number of imide groups is 1. The third kappa shape index (κ3) is 3.39. The number of hydrogen-bond acceptors (Lipinski definition) is 4. The molecule has 1 saturated carbocycles. The molecular formula is C23H24N2O4. The molecule has 1 heterocycles. The average molecular weight is 392 g/mol. The highest BCUT2D eigenvalue weighted by atomic mass is 16.5. The molecule has 3 amide bonds. The fourth-order valence-corrected chi connectivity index (χ4v) is 4.23. The Balaban J connectivity index is 1.60. The standard InChI is InChI=1S/C23H24N2O4/c1-24(16-7-3-4-8-16)21(26)19-13-15(11-12-20(19)29-2)14-25-22(27)17-9-5-6-10-18(17)23(25)28/h5-6,9-13,16H,3-4,7-8,14H2,1-2H3. The Morgan fingerprint density at radius 2 is 1.69 bits per heavy atom. The average Bonchev–Trinajstić information content (AvgIpc) is 3.37. The first kappa shape index (κ1) is 19.2. The van der Waals surface area contributed by atoms with Crippen LogP contribution in [0.25, 0.3) is 0 Å². The van der Waals surface area contributed by atoms with Crippen LogP contribution in [0.15, 0.2) is 42.5 Å². The van der Waals surface area contributed by atoms with Gasteiger partial charge in [-0.15, -0.1) is 0 Å². The molecule has 0 bridgehead atoms. The van der Waals surface area contributed by atoms with Crippen molar-refractivity contribution in [2.45, 2.75) is 38.3 Å². The van der Waals surface area contributed by atoms with Gasteiger partial charge in [-0.2, -0.15) is 0 Å². The lowest BCUT2D eigenvalue weighted by molar-refractivity contribution is 0.0642. The summed E-state index contributed by atoms with van der Waals surface area (Å²) in [6.07, 6.45) is 4.30. The quantitative estimate of drug-likeness (QED) is 0.731. The second-order valence-corrected chi connectivity index (χ2v) is 7.63. The van der Waals surface area contributed by atoms with E-state index in [1.807, 2.05) is 7.05 Å². The predicted molar refractivity (Wildman–Crippen MR) is 108 cm³/mol. The van der Waals surface area contributed by atoms with Crippen LogP contribution in [0, 0.1) is 0 Å². The summed E-state index contributed by atoms with van der Waals surface area (Å²) in [7, 11) is 3.36. The minimum atomic E-state index is -0.308. The number of carbonyl (C=O) groups is 3. The molecule has 150 valence electrons. The van der Waals surface area contributed by atoms with Gasteiger partial charge in [-0.05, 0) is 42.7 Å². The smallest absolute Gasteiger partial charge is 0.261 e. The highest BCUT2D eigenvalue weighted by Crippen LogP contribution is 2.29. The van der Waals surface area contributed by atoms with E-state index in [9.17, 15) is 14.4 Å². The number of rotatable bonds is 5. The van der Waals surface area contributed by atoms with Crippen molar-refractivity contribution in [3.8, 4) is 5.75 Å². The third-order valence-electron chi connectivity index (χ3n) is 5.91. The van der Waals surface area contributed by atoms with E-state index in [4.69, 9.17) is 4.74 Å². The van der Waals surface area contributed by atoms with E-state index < -0.39 is 0 Å². The van der Waals surface area contributed by atoms with Gasteiger partial charge in [0, 0.05) is 13.1 Å². The Hall–Kier alpha value is -3.15. The van der Waals surface area contributed by atoms with Crippen molar-refractivity contribution >= 4 is 17.7 Å². The molecule has 2 aromatic rings. The van der Waals surface area contributed by atoms with Crippen LogP contribution >= 0.6 is 0 Å². The van der Waals surface area contributed by atoms with Gasteiger partial charge in [0.25, 0.3) is 17.7 Å². The Morgan fingerprint density at radius 1 is 1.07 bits per heavy atom. The first-order valence-corrected chi connectivity index (χ1v) is 9.90. The molecule has 0 spiro atoms. The van der Waals surface area contributed by atoms with Gasteiger partial charge in [-0.25, -0.2) is 0 Å². The number of fused-ring (bicyclic) bond motifs is 1. The number of ether oxygens (including phenoxy) is 1. The van der Waals surface area contributed by atoms with Crippen LogP contribution in [0.2, 0.25) is 0 Å². The van der Waals surface area contributed by atoms with Crippen molar-refractivity contribution in [2.75, 3.05) is 14.2 Å². The Kier molecular flexibility index (Phi) is 5.09. The minimum absolute atomic E-state index is 0.0991. The largest absolute Gasteiger partial charge is 0.496 e. The second-order valence-electron chi connectivity index (χ2n) is 7.63. The lowest BCUT2D eigenvalue weighted by Gasteiger charge is -2.25. The molecule has 1 aliphatic heterocycles. The number of carbonyl (C=O) groups excluding carboxylic acids is 3. The van der Waals surface area contributed by atoms with E-state index in [1.54, 1.807) is 47.4 Å². The van der Waals surface area contributed by atoms with Crippen LogP contribution in [-0.4, -0.2) is 47.7 Å². The summed E-state index contributed by atoms with van der Waals surface area (Å²) in [6, 6.07) is 12.3. The predicted octanol–water partition coefficient (Wildman–Crippen LogP) is 3.51. The Labute approximate surface area is 170 Å². The molecule has 2 aromatic carbocycles. The first-order chi connectivity index (χ1) is 14.0. The molecule has 0 unspecified atom stereocenters. The van der Waals surface area contributed by atoms with Crippen molar-refractivity contribution in [1.82, 2.24) is 9.80 Å². The molecule has 2 aliphatic rings. The molecule has 0 N–H and O–H groups in total. The SMILES string of the molecule is COc1ccc(CN2C(=O)c3ccccc3C2=O)cc1C(=O)N(C)C1CCCC1. The molecule has 4 rings (SSSR count). The molecule has 29 heavy (non-hydrogen) atoms. The molecule has 6 heteroatoms. The van der Waals surface area contributed by atoms with Gasteiger partial charge in [0.05, 0.1) is 30.3 Å². The highest BCUT2D eigenvalue weighted by Gasteiger charge is 2.35. The van der Waals surface area contributed by atoms with Crippen LogP contribution in [0.1, 0.15) is 62.3 Å². The maximum Gasteiger partial charge on any atom is 0.261 e. The maximum atomic E-state index is 13.1. The summed E-state index contributed by atoms with van der Waals surface area (Å²) in [4.78, 5) is 41.4. The van der Waals surface area contributed by atoms with E-state index in [0.29, 0.717) is 28.0 Å². The lowest BCUT2D eigenvalue weighted by Crippen LogP contribution is -2.35. The summed E-state index contributed by atoms with van der Waals surface area (Å²) in [5.74, 6) is -0.223. The van der Waals surface area contributed by atoms with Crippen molar-refractivity contribution in [3.63, 3.8) is 0 Å². The van der Waals surface area contributed by atoms with Gasteiger partial charge in [0.1, 0.15) is 5.75 Å². The summed E-state index contributed by atoms with van der Waals surface area (Å²) in [5, 5.41) is 0. The van der Waals surface area contributed by atoms with Crippen molar-refractivity contribution in [3.05, 3.63) is 64.7 Å². The van der Waals surface area contributed by atoms with Crippen molar-refractivity contribution in [1.29, 1.82) is 0 Å². The van der Waals surface area contributed by atoms with Crippen LogP contribution in [0.5, 0.6) is 5.75 Å². The van der Waals surface area contributed by atoms with Gasteiger partial charge in [-0.1, -0.05) is 31.0 Å². The summed E-state index contributed by atoms with van der Waals surface area (Å²) >= 11 is 0. The third-order valence-corrected chi connectivity index (χ3v) is 5.91. The molecule has 1 fully saturated rings. The van der Waals surface area contributed by atoms with E-state index in [-0.39, 0.29) is 30.3 Å². The normalized spacial score (nSPS) is 16.3. The highest BCUT2D eigenvalue weighted by molar-refractivity contribution is 6.21. The molecule has 0 aromatic heterocycles. The second kappa shape index (κ2) is 7.70. The number of amides is 3. The van der Waals surface area contributed by atoms with Crippen LogP contribution < -0.4 is 4.74 Å². The van der Waals surface area contributed by atoms with E-state index in [1.165, 1.54) is 12.0 Å². The van der Waals surface area contributed by atoms with Gasteiger partial charge < -0.3 is 9.64 Å². The molecule has 0 saturated heterocycles. The molecule has 0 radical (unpaired) electrons. The number of hydrogen-bond donors (Lipinski definition) is 0. The van der Waals surface area contributed by atoms with Gasteiger partial charge in [0.2, 0.25) is 0 Å². The summed E-state index contributed by atoms with van der Waals surface area (Å²) < 4.78 is 5.40. The Bertz CT molecular complexity index is 944. The summed E-state index contributed by atoms with van der Waals surface area (Å²) in [6.45, 7) is 0.115. The Morgan fingerprint density at radius 3 is 2.28 bits per heavy atom. The monoisotopic (exact) mass is 392 g/mol. The number of benzene rings is 2. The number of nitrogens with zero attached hydrogens (tertiary/aromatic N) is 2. The number of methoxy groups -OCH3 is 1. The van der Waals surface area contributed by atoms with Crippen molar-refractivity contribution in [2.24, 2.45) is 0 Å². The maximum absolute atomic E-state index is 13.1. The van der Waals surface area contributed by atoms with Gasteiger partial charge in [-0.3, -0.25) is 19.3 Å². The van der Waals surface area contributed by atoms with E-state index >= 15 is 0 Å². The lowest BCUT2D eigenvalue weighted by atomic mass is 10.1. The van der Waals surface area contributed by atoms with E-state index in [2.05, 4.69) is 0 Å². The van der Waals surface area contributed by atoms with Crippen LogP contribution in [-0.2, 0) is 6.54 Å². The molecule has 6 nitrogen and oxygen atoms in total. The zero-order valence-corrected chi connectivity index (χ0v) is 16.7. The van der Waals surface area contributed by atoms with E-state index in [0.717, 1.165) is 25.7 Å². The fourth-order valence-electron chi connectivity index (χ4n) is 4.23. The van der Waals surface area contributed by atoms with Crippen LogP contribution in [0.3, 0.4) is 0 Å².